The molecule has 7 nitrogen and oxygen atoms in total. The molecular weight excluding hydrogens is 282 g/mol. The van der Waals surface area contributed by atoms with Gasteiger partial charge in [0.15, 0.2) is 0 Å². The monoisotopic (exact) mass is 301 g/mol. The van der Waals surface area contributed by atoms with E-state index >= 15 is 0 Å². The minimum atomic E-state index is -3.54. The zero-order valence-corrected chi connectivity index (χ0v) is 12.1. The van der Waals surface area contributed by atoms with Gasteiger partial charge in [-0.25, -0.2) is 13.1 Å². The molecule has 1 aromatic rings. The number of nitrogens with one attached hydrogen (secondary N) is 3. The van der Waals surface area contributed by atoms with Crippen molar-refractivity contribution in [2.45, 2.75) is 36.9 Å². The van der Waals surface area contributed by atoms with Crippen LogP contribution in [0.25, 0.3) is 0 Å². The molecule has 1 aliphatic rings. The summed E-state index contributed by atoms with van der Waals surface area (Å²) in [6, 6.07) is 3.38. The smallest absolute Gasteiger partial charge is 0.273 e. The quantitative estimate of drug-likeness (QED) is 0.584. The van der Waals surface area contributed by atoms with Gasteiger partial charge in [0.2, 0.25) is 11.0 Å². The highest BCUT2D eigenvalue weighted by Gasteiger charge is 2.22. The molecule has 1 heterocycles. The Balaban J connectivity index is 1.70. The summed E-state index contributed by atoms with van der Waals surface area (Å²) in [5, 5.41) is 5.83. The zero-order chi connectivity index (χ0) is 14.6. The summed E-state index contributed by atoms with van der Waals surface area (Å²) >= 11 is 0. The molecule has 0 radical (unpaired) electrons. The van der Waals surface area contributed by atoms with E-state index < -0.39 is 10.0 Å². The van der Waals surface area contributed by atoms with E-state index in [1.807, 2.05) is 0 Å². The molecule has 3 N–H and O–H groups in total. The van der Waals surface area contributed by atoms with Gasteiger partial charge < -0.3 is 15.1 Å². The maximum Gasteiger partial charge on any atom is 0.273 e. The Morgan fingerprint density at radius 1 is 1.40 bits per heavy atom. The summed E-state index contributed by atoms with van der Waals surface area (Å²) < 4.78 is 30.3. The predicted octanol–water partition coefficient (Wildman–Crippen LogP) is -0.0540. The summed E-state index contributed by atoms with van der Waals surface area (Å²) in [6.07, 6.45) is 2.56. The molecule has 8 heteroatoms. The lowest BCUT2D eigenvalue weighted by Gasteiger charge is -2.04. The van der Waals surface area contributed by atoms with Gasteiger partial charge in [0, 0.05) is 19.0 Å². The van der Waals surface area contributed by atoms with Crippen LogP contribution in [-0.4, -0.2) is 34.0 Å². The largest absolute Gasteiger partial charge is 0.447 e. The van der Waals surface area contributed by atoms with Crippen LogP contribution >= 0.6 is 0 Å². The fraction of sp³-hybridized carbons (Fsp3) is 0.583. The predicted molar refractivity (Wildman–Crippen MR) is 72.4 cm³/mol. The van der Waals surface area contributed by atoms with Crippen molar-refractivity contribution in [1.29, 1.82) is 0 Å². The normalized spacial score (nSPS) is 15.2. The fourth-order valence-electron chi connectivity index (χ4n) is 1.64. The molecule has 0 aliphatic heterocycles. The topological polar surface area (TPSA) is 100 Å². The molecule has 0 unspecified atom stereocenters. The molecule has 2 rings (SSSR count). The number of carbonyl (C=O) groups is 1. The summed E-state index contributed by atoms with van der Waals surface area (Å²) in [5.41, 5.74) is 0. The van der Waals surface area contributed by atoms with Gasteiger partial charge in [-0.1, -0.05) is 0 Å². The molecule has 1 saturated carbocycles. The number of hydrogen-bond donors (Lipinski definition) is 3. The van der Waals surface area contributed by atoms with Crippen molar-refractivity contribution in [1.82, 2.24) is 15.4 Å². The lowest BCUT2D eigenvalue weighted by atomic mass is 10.3. The van der Waals surface area contributed by atoms with Gasteiger partial charge in [-0.15, -0.1) is 0 Å². The maximum atomic E-state index is 11.5. The molecule has 0 bridgehead atoms. The van der Waals surface area contributed by atoms with Crippen LogP contribution in [0, 0.1) is 0 Å². The second kappa shape index (κ2) is 6.38. The van der Waals surface area contributed by atoms with Crippen LogP contribution < -0.4 is 15.4 Å². The number of rotatable bonds is 8. The van der Waals surface area contributed by atoms with Crippen LogP contribution in [0.2, 0.25) is 0 Å². The lowest BCUT2D eigenvalue weighted by Crippen LogP contribution is -2.28. The highest BCUT2D eigenvalue weighted by molar-refractivity contribution is 7.89. The number of furan rings is 1. The molecule has 1 aliphatic carbocycles. The Morgan fingerprint density at radius 3 is 2.80 bits per heavy atom. The SMILES string of the molecule is CNS(=O)(=O)c1ccc(CNCCC(=O)NC2CC2)o1. The van der Waals surface area contributed by atoms with E-state index in [0.29, 0.717) is 31.3 Å². The van der Waals surface area contributed by atoms with Gasteiger partial charge >= 0.3 is 0 Å². The molecular formula is C12H19N3O4S. The van der Waals surface area contributed by atoms with Gasteiger partial charge in [-0.3, -0.25) is 4.79 Å². The van der Waals surface area contributed by atoms with E-state index in [9.17, 15) is 13.2 Å². The Labute approximate surface area is 118 Å². The van der Waals surface area contributed by atoms with E-state index in [1.165, 1.54) is 13.1 Å². The standard InChI is InChI=1S/C12H19N3O4S/c1-13-20(17,18)12-5-4-10(19-12)8-14-7-6-11(16)15-9-2-3-9/h4-5,9,13-14H,2-3,6-8H2,1H3,(H,15,16). The number of sulfonamides is 1. The Morgan fingerprint density at radius 2 is 2.15 bits per heavy atom. The van der Waals surface area contributed by atoms with Gasteiger partial charge in [-0.2, -0.15) is 0 Å². The minimum Gasteiger partial charge on any atom is -0.447 e. The van der Waals surface area contributed by atoms with Crippen molar-refractivity contribution < 1.29 is 17.6 Å². The highest BCUT2D eigenvalue weighted by atomic mass is 32.2. The molecule has 20 heavy (non-hydrogen) atoms. The van der Waals surface area contributed by atoms with Crippen molar-refractivity contribution in [3.63, 3.8) is 0 Å². The van der Waals surface area contributed by atoms with Crippen molar-refractivity contribution in [2.24, 2.45) is 0 Å². The maximum absolute atomic E-state index is 11.5. The van der Waals surface area contributed by atoms with E-state index in [2.05, 4.69) is 15.4 Å². The Bertz CT molecular complexity index is 563. The van der Waals surface area contributed by atoms with E-state index in [0.717, 1.165) is 12.8 Å². The molecule has 1 fully saturated rings. The molecule has 0 atom stereocenters. The second-order valence-electron chi connectivity index (χ2n) is 4.70. The summed E-state index contributed by atoms with van der Waals surface area (Å²) in [4.78, 5) is 11.4. The minimum absolute atomic E-state index is 0.0397. The molecule has 1 aromatic heterocycles. The van der Waals surface area contributed by atoms with Gasteiger partial charge in [-0.05, 0) is 32.0 Å². The van der Waals surface area contributed by atoms with Crippen LogP contribution in [0.3, 0.4) is 0 Å². The molecule has 1 amide bonds. The third kappa shape index (κ3) is 4.32. The van der Waals surface area contributed by atoms with E-state index in [1.54, 1.807) is 6.07 Å². The first-order chi connectivity index (χ1) is 9.51. The Hall–Kier alpha value is -1.38. The summed E-state index contributed by atoms with van der Waals surface area (Å²) in [5.74, 6) is 0.555. The van der Waals surface area contributed by atoms with Crippen LogP contribution in [0.4, 0.5) is 0 Å². The zero-order valence-electron chi connectivity index (χ0n) is 11.3. The van der Waals surface area contributed by atoms with Crippen molar-refractivity contribution in [3.05, 3.63) is 17.9 Å². The number of hydrogen-bond acceptors (Lipinski definition) is 5. The lowest BCUT2D eigenvalue weighted by molar-refractivity contribution is -0.121. The van der Waals surface area contributed by atoms with Crippen LogP contribution in [-0.2, 0) is 21.4 Å². The number of amides is 1. The van der Waals surface area contributed by atoms with Crippen molar-refractivity contribution in [2.75, 3.05) is 13.6 Å². The van der Waals surface area contributed by atoms with Crippen LogP contribution in [0.5, 0.6) is 0 Å². The second-order valence-corrected chi connectivity index (χ2v) is 6.51. The van der Waals surface area contributed by atoms with E-state index in [-0.39, 0.29) is 11.0 Å². The van der Waals surface area contributed by atoms with Crippen molar-refractivity contribution in [3.8, 4) is 0 Å². The number of carbonyl (C=O) groups excluding carboxylic acids is 1. The first kappa shape index (κ1) is 15.0. The first-order valence-electron chi connectivity index (χ1n) is 6.53. The molecule has 0 spiro atoms. The van der Waals surface area contributed by atoms with Crippen molar-refractivity contribution >= 4 is 15.9 Å². The van der Waals surface area contributed by atoms with Gasteiger partial charge in [0.05, 0.1) is 6.54 Å². The highest BCUT2D eigenvalue weighted by Crippen LogP contribution is 2.18. The summed E-state index contributed by atoms with van der Waals surface area (Å²) in [6.45, 7) is 0.906. The van der Waals surface area contributed by atoms with Gasteiger partial charge in [0.25, 0.3) is 10.0 Å². The van der Waals surface area contributed by atoms with E-state index in [4.69, 9.17) is 4.42 Å². The molecule has 0 saturated heterocycles. The first-order valence-corrected chi connectivity index (χ1v) is 8.02. The average molecular weight is 301 g/mol. The summed E-state index contributed by atoms with van der Waals surface area (Å²) in [7, 11) is -2.21. The molecule has 0 aromatic carbocycles. The van der Waals surface area contributed by atoms with Crippen LogP contribution in [0.15, 0.2) is 21.6 Å². The Kier molecular flexibility index (Phi) is 4.79. The third-order valence-electron chi connectivity index (χ3n) is 2.94. The van der Waals surface area contributed by atoms with Crippen LogP contribution in [0.1, 0.15) is 25.0 Å². The molecule has 112 valence electrons. The van der Waals surface area contributed by atoms with Gasteiger partial charge in [0.1, 0.15) is 5.76 Å². The fourth-order valence-corrected chi connectivity index (χ4v) is 2.30. The third-order valence-corrected chi connectivity index (χ3v) is 4.23. The average Bonchev–Trinajstić information content (AvgIpc) is 3.08.